The maximum Gasteiger partial charge on any atom is 0.264 e. The van der Waals surface area contributed by atoms with Crippen molar-refractivity contribution in [2.45, 2.75) is 6.92 Å². The Balaban J connectivity index is 1.89. The third-order valence-electron chi connectivity index (χ3n) is 3.65. The molecule has 0 unspecified atom stereocenters. The third-order valence-corrected chi connectivity index (χ3v) is 4.85. The van der Waals surface area contributed by atoms with Gasteiger partial charge in [-0.1, -0.05) is 29.7 Å². The van der Waals surface area contributed by atoms with Crippen molar-refractivity contribution in [1.29, 1.82) is 0 Å². The number of nitrogens with zero attached hydrogens (tertiary/aromatic N) is 1. The van der Waals surface area contributed by atoms with E-state index in [4.69, 9.17) is 27.5 Å². The molecular weight excluding hydrogens is 415 g/mol. The topological polar surface area (TPSA) is 59.9 Å². The average Bonchev–Trinajstić information content (AvgIpc) is 3.02. The number of carbonyl (C=O) groups is 1. The van der Waals surface area contributed by atoms with Crippen LogP contribution >= 0.6 is 23.4 Å². The van der Waals surface area contributed by atoms with Crippen LogP contribution in [0.25, 0.3) is 6.08 Å². The number of amidine groups is 1. The number of nitrogens with one attached hydrogen (secondary N) is 1. The number of thioether (sulfide) groups is 1. The minimum absolute atomic E-state index is 0.0500. The maximum absolute atomic E-state index is 13.8. The number of rotatable bonds is 6. The fourth-order valence-corrected chi connectivity index (χ4v) is 3.58. The lowest BCUT2D eigenvalue weighted by atomic mass is 10.2. The maximum atomic E-state index is 13.8. The summed E-state index contributed by atoms with van der Waals surface area (Å²) >= 11 is 7.41. The SMILES string of the molecule is C#CCOc1c(Cl)cc(/C=C2\SC(=Nc3ccccc3F)NC2=O)cc1OCC. The summed E-state index contributed by atoms with van der Waals surface area (Å²) in [5.74, 6) is 2.33. The molecule has 1 heterocycles. The standard InChI is InChI=1S/C21H16ClFN2O3S/c1-3-9-28-19-14(22)10-13(11-17(19)27-4-2)12-18-20(26)25-21(29-18)24-16-8-6-5-7-15(16)23/h1,5-8,10-12H,4,9H2,2H3,(H,24,25,26)/b18-12-. The number of ether oxygens (including phenoxy) is 2. The average molecular weight is 431 g/mol. The van der Waals surface area contributed by atoms with Crippen LogP contribution in [0.15, 0.2) is 46.3 Å². The molecular formula is C21H16ClFN2O3S. The lowest BCUT2D eigenvalue weighted by Gasteiger charge is -2.13. The molecule has 0 aromatic heterocycles. The molecule has 1 aliphatic rings. The molecule has 1 N–H and O–H groups in total. The highest BCUT2D eigenvalue weighted by molar-refractivity contribution is 8.18. The van der Waals surface area contributed by atoms with Gasteiger partial charge in [-0.3, -0.25) is 4.79 Å². The second-order valence-electron chi connectivity index (χ2n) is 5.69. The van der Waals surface area contributed by atoms with Crippen LogP contribution in [0.3, 0.4) is 0 Å². The molecule has 148 valence electrons. The van der Waals surface area contributed by atoms with Gasteiger partial charge in [-0.25, -0.2) is 9.38 Å². The van der Waals surface area contributed by atoms with Crippen LogP contribution in [-0.4, -0.2) is 24.3 Å². The molecule has 0 atom stereocenters. The first-order valence-electron chi connectivity index (χ1n) is 8.58. The molecule has 1 amide bonds. The molecule has 2 aromatic rings. The van der Waals surface area contributed by atoms with Crippen LogP contribution in [0, 0.1) is 18.2 Å². The van der Waals surface area contributed by atoms with Crippen molar-refractivity contribution in [1.82, 2.24) is 5.32 Å². The highest BCUT2D eigenvalue weighted by Gasteiger charge is 2.24. The molecule has 1 fully saturated rings. The van der Waals surface area contributed by atoms with E-state index in [2.05, 4.69) is 16.2 Å². The van der Waals surface area contributed by atoms with E-state index in [1.54, 1.807) is 30.3 Å². The highest BCUT2D eigenvalue weighted by Crippen LogP contribution is 2.38. The normalized spacial score (nSPS) is 16.0. The van der Waals surface area contributed by atoms with Gasteiger partial charge >= 0.3 is 0 Å². The van der Waals surface area contributed by atoms with E-state index in [-0.39, 0.29) is 23.4 Å². The lowest BCUT2D eigenvalue weighted by Crippen LogP contribution is -2.19. The number of carbonyl (C=O) groups excluding carboxylic acids is 1. The first-order chi connectivity index (χ1) is 14.0. The number of para-hydroxylation sites is 1. The zero-order chi connectivity index (χ0) is 20.8. The molecule has 0 aliphatic carbocycles. The van der Waals surface area contributed by atoms with Crippen LogP contribution in [0.1, 0.15) is 12.5 Å². The Morgan fingerprint density at radius 3 is 2.86 bits per heavy atom. The molecule has 3 rings (SSSR count). The number of hydrogen-bond donors (Lipinski definition) is 1. The van der Waals surface area contributed by atoms with Crippen molar-refractivity contribution in [3.63, 3.8) is 0 Å². The molecule has 0 bridgehead atoms. The van der Waals surface area contributed by atoms with E-state index in [9.17, 15) is 9.18 Å². The molecule has 0 spiro atoms. The number of benzene rings is 2. The van der Waals surface area contributed by atoms with Gasteiger partial charge in [-0.2, -0.15) is 0 Å². The van der Waals surface area contributed by atoms with Crippen molar-refractivity contribution >= 4 is 46.2 Å². The van der Waals surface area contributed by atoms with E-state index < -0.39 is 5.82 Å². The van der Waals surface area contributed by atoms with Crippen molar-refractivity contribution in [2.24, 2.45) is 4.99 Å². The van der Waals surface area contributed by atoms with Crippen molar-refractivity contribution in [3.8, 4) is 23.8 Å². The zero-order valence-corrected chi connectivity index (χ0v) is 16.9. The molecule has 29 heavy (non-hydrogen) atoms. The van der Waals surface area contributed by atoms with Crippen LogP contribution < -0.4 is 14.8 Å². The molecule has 0 radical (unpaired) electrons. The van der Waals surface area contributed by atoms with E-state index in [1.165, 1.54) is 12.1 Å². The first-order valence-corrected chi connectivity index (χ1v) is 9.78. The van der Waals surface area contributed by atoms with Crippen molar-refractivity contribution in [2.75, 3.05) is 13.2 Å². The Morgan fingerprint density at radius 2 is 2.14 bits per heavy atom. The van der Waals surface area contributed by atoms with Crippen molar-refractivity contribution in [3.05, 3.63) is 57.7 Å². The third kappa shape index (κ3) is 5.11. The van der Waals surface area contributed by atoms with Gasteiger partial charge in [0.05, 0.1) is 16.5 Å². The van der Waals surface area contributed by atoms with Gasteiger partial charge in [0, 0.05) is 0 Å². The number of aliphatic imine (C=N–C) groups is 1. The predicted octanol–water partition coefficient (Wildman–Crippen LogP) is 4.78. The van der Waals surface area contributed by atoms with Gasteiger partial charge in [0.25, 0.3) is 5.91 Å². The van der Waals surface area contributed by atoms with Crippen LogP contribution in [-0.2, 0) is 4.79 Å². The molecule has 8 heteroatoms. The van der Waals surface area contributed by atoms with E-state index in [0.29, 0.717) is 33.6 Å². The summed E-state index contributed by atoms with van der Waals surface area (Å²) in [6, 6.07) is 9.42. The van der Waals surface area contributed by atoms with Gasteiger partial charge in [-0.15, -0.1) is 6.42 Å². The quantitative estimate of drug-likeness (QED) is 0.529. The molecule has 0 saturated carbocycles. The molecule has 2 aromatic carbocycles. The largest absolute Gasteiger partial charge is 0.490 e. The Kier molecular flexibility index (Phi) is 6.81. The van der Waals surface area contributed by atoms with Gasteiger partial charge in [-0.05, 0) is 54.6 Å². The summed E-state index contributed by atoms with van der Waals surface area (Å²) in [7, 11) is 0. The number of amides is 1. The smallest absolute Gasteiger partial charge is 0.264 e. The van der Waals surface area contributed by atoms with Crippen LogP contribution in [0.2, 0.25) is 5.02 Å². The first kappa shape index (κ1) is 20.8. The number of hydrogen-bond acceptors (Lipinski definition) is 5. The summed E-state index contributed by atoms with van der Waals surface area (Å²) in [6.45, 7) is 2.28. The van der Waals surface area contributed by atoms with Gasteiger partial charge in [0.1, 0.15) is 18.1 Å². The summed E-state index contributed by atoms with van der Waals surface area (Å²) in [4.78, 5) is 16.8. The number of terminal acetylenes is 1. The Labute approximate surface area is 177 Å². The Morgan fingerprint density at radius 1 is 1.34 bits per heavy atom. The van der Waals surface area contributed by atoms with Gasteiger partial charge < -0.3 is 14.8 Å². The van der Waals surface area contributed by atoms with E-state index in [0.717, 1.165) is 11.8 Å². The zero-order valence-electron chi connectivity index (χ0n) is 15.4. The lowest BCUT2D eigenvalue weighted by molar-refractivity contribution is -0.115. The summed E-state index contributed by atoms with van der Waals surface area (Å²) < 4.78 is 24.8. The predicted molar refractivity (Wildman–Crippen MR) is 114 cm³/mol. The van der Waals surface area contributed by atoms with Crippen LogP contribution in [0.5, 0.6) is 11.5 Å². The monoisotopic (exact) mass is 430 g/mol. The van der Waals surface area contributed by atoms with E-state index >= 15 is 0 Å². The Bertz CT molecular complexity index is 1050. The molecule has 5 nitrogen and oxygen atoms in total. The molecule has 1 aliphatic heterocycles. The van der Waals surface area contributed by atoms with Gasteiger partial charge in [0.15, 0.2) is 16.7 Å². The van der Waals surface area contributed by atoms with Gasteiger partial charge in [0.2, 0.25) is 0 Å². The van der Waals surface area contributed by atoms with Crippen molar-refractivity contribution < 1.29 is 18.7 Å². The minimum Gasteiger partial charge on any atom is -0.490 e. The summed E-state index contributed by atoms with van der Waals surface area (Å²) in [5, 5.41) is 3.22. The molecule has 1 saturated heterocycles. The fraction of sp³-hybridized carbons (Fsp3) is 0.143. The second kappa shape index (κ2) is 9.50. The summed E-state index contributed by atoms with van der Waals surface area (Å²) in [6.07, 6.45) is 6.87. The highest BCUT2D eigenvalue weighted by atomic mass is 35.5. The van der Waals surface area contributed by atoms with Crippen LogP contribution in [0.4, 0.5) is 10.1 Å². The minimum atomic E-state index is -0.469. The second-order valence-corrected chi connectivity index (χ2v) is 7.13. The summed E-state index contributed by atoms with van der Waals surface area (Å²) in [5.41, 5.74) is 0.782. The number of halogens is 2. The Hall–Kier alpha value is -2.95. The van der Waals surface area contributed by atoms with E-state index in [1.807, 2.05) is 6.92 Å². The fourth-order valence-electron chi connectivity index (χ4n) is 2.47.